The number of piperidine rings is 2. The lowest BCUT2D eigenvalue weighted by Crippen LogP contribution is -2.47. The molecule has 3 rings (SSSR count). The lowest BCUT2D eigenvalue weighted by molar-refractivity contribution is -0.138. The van der Waals surface area contributed by atoms with E-state index in [2.05, 4.69) is 6.92 Å². The lowest BCUT2D eigenvalue weighted by Gasteiger charge is -2.36. The zero-order valence-electron chi connectivity index (χ0n) is 15.5. The maximum absolute atomic E-state index is 12.7. The van der Waals surface area contributed by atoms with Gasteiger partial charge >= 0.3 is 0 Å². The van der Waals surface area contributed by atoms with Crippen molar-refractivity contribution < 1.29 is 13.2 Å². The molecule has 1 aromatic carbocycles. The Morgan fingerprint density at radius 2 is 1.81 bits per heavy atom. The summed E-state index contributed by atoms with van der Waals surface area (Å²) in [6, 6.07) is 4.88. The molecule has 0 bridgehead atoms. The van der Waals surface area contributed by atoms with Crippen LogP contribution in [0.1, 0.15) is 38.2 Å². The molecule has 2 aliphatic rings. The molecule has 2 aliphatic heterocycles. The fourth-order valence-electron chi connectivity index (χ4n) is 3.96. The fourth-order valence-corrected chi connectivity index (χ4v) is 5.83. The molecule has 0 radical (unpaired) electrons. The Labute approximate surface area is 171 Å². The van der Waals surface area contributed by atoms with Crippen LogP contribution in [0.25, 0.3) is 0 Å². The minimum absolute atomic E-state index is 0.0632. The van der Waals surface area contributed by atoms with Crippen LogP contribution in [0.2, 0.25) is 10.0 Å². The highest BCUT2D eigenvalue weighted by atomic mass is 35.5. The quantitative estimate of drug-likeness (QED) is 0.726. The second kappa shape index (κ2) is 8.68. The summed E-state index contributed by atoms with van der Waals surface area (Å²) < 4.78 is 27.0. The minimum atomic E-state index is -3.44. The largest absolute Gasteiger partial charge is 0.342 e. The number of carbonyl (C=O) groups excluding carboxylic acids is 1. The van der Waals surface area contributed by atoms with Gasteiger partial charge in [-0.05, 0) is 49.3 Å². The number of rotatable bonds is 4. The van der Waals surface area contributed by atoms with Gasteiger partial charge in [0.25, 0.3) is 0 Å². The van der Waals surface area contributed by atoms with E-state index in [1.54, 1.807) is 18.2 Å². The standard InChI is InChI=1S/C19H26Cl2N2O3S/c1-14-3-2-8-22(12-14)19(24)16-6-9-23(10-7-16)27(25,26)13-15-4-5-17(20)18(21)11-15/h4-5,11,14,16H,2-3,6-10,12-13H2,1H3/t14-/m0/s1. The maximum atomic E-state index is 12.7. The van der Waals surface area contributed by atoms with Gasteiger partial charge in [0.15, 0.2) is 0 Å². The number of hydrogen-bond donors (Lipinski definition) is 0. The van der Waals surface area contributed by atoms with Crippen molar-refractivity contribution >= 4 is 39.1 Å². The number of sulfonamides is 1. The summed E-state index contributed by atoms with van der Waals surface area (Å²) in [4.78, 5) is 14.7. The molecule has 1 amide bonds. The summed E-state index contributed by atoms with van der Waals surface area (Å²) in [5.74, 6) is 0.579. The topological polar surface area (TPSA) is 57.7 Å². The number of benzene rings is 1. The van der Waals surface area contributed by atoms with Crippen molar-refractivity contribution in [3.8, 4) is 0 Å². The first-order chi connectivity index (χ1) is 12.8. The SMILES string of the molecule is C[C@H]1CCCN(C(=O)C2CCN(S(=O)(=O)Cc3ccc(Cl)c(Cl)c3)CC2)C1. The van der Waals surface area contributed by atoms with Crippen LogP contribution in [0.15, 0.2) is 18.2 Å². The average Bonchev–Trinajstić information content (AvgIpc) is 2.64. The molecule has 5 nitrogen and oxygen atoms in total. The summed E-state index contributed by atoms with van der Waals surface area (Å²) in [6.07, 6.45) is 3.41. The molecule has 0 spiro atoms. The molecule has 0 saturated carbocycles. The van der Waals surface area contributed by atoms with E-state index in [4.69, 9.17) is 23.2 Å². The van der Waals surface area contributed by atoms with E-state index < -0.39 is 10.0 Å². The Kier molecular flexibility index (Phi) is 6.72. The second-order valence-corrected chi connectivity index (χ2v) is 10.5. The Balaban J connectivity index is 1.57. The highest BCUT2D eigenvalue weighted by Crippen LogP contribution is 2.27. The van der Waals surface area contributed by atoms with Crippen molar-refractivity contribution in [2.75, 3.05) is 26.2 Å². The van der Waals surface area contributed by atoms with Gasteiger partial charge in [0, 0.05) is 32.1 Å². The van der Waals surface area contributed by atoms with Gasteiger partial charge in [-0.25, -0.2) is 12.7 Å². The Morgan fingerprint density at radius 3 is 2.44 bits per heavy atom. The van der Waals surface area contributed by atoms with Gasteiger partial charge < -0.3 is 4.90 Å². The monoisotopic (exact) mass is 432 g/mol. The molecule has 0 N–H and O–H groups in total. The van der Waals surface area contributed by atoms with Crippen LogP contribution in [-0.4, -0.2) is 49.7 Å². The first kappa shape index (κ1) is 20.9. The molecule has 2 saturated heterocycles. The van der Waals surface area contributed by atoms with Crippen LogP contribution in [0.5, 0.6) is 0 Å². The van der Waals surface area contributed by atoms with E-state index in [9.17, 15) is 13.2 Å². The Morgan fingerprint density at radius 1 is 1.11 bits per heavy atom. The number of amides is 1. The second-order valence-electron chi connectivity index (χ2n) is 7.71. The van der Waals surface area contributed by atoms with Crippen LogP contribution in [0.4, 0.5) is 0 Å². The molecule has 1 aromatic rings. The van der Waals surface area contributed by atoms with Gasteiger partial charge in [0.1, 0.15) is 0 Å². The van der Waals surface area contributed by atoms with Gasteiger partial charge in [-0.1, -0.05) is 36.2 Å². The molecule has 0 aromatic heterocycles. The molecular weight excluding hydrogens is 407 g/mol. The summed E-state index contributed by atoms with van der Waals surface area (Å²) in [5, 5.41) is 0.758. The maximum Gasteiger partial charge on any atom is 0.225 e. The van der Waals surface area contributed by atoms with Crippen LogP contribution >= 0.6 is 23.2 Å². The van der Waals surface area contributed by atoms with E-state index in [-0.39, 0.29) is 17.6 Å². The molecule has 8 heteroatoms. The highest BCUT2D eigenvalue weighted by molar-refractivity contribution is 7.88. The lowest BCUT2D eigenvalue weighted by atomic mass is 9.93. The van der Waals surface area contributed by atoms with E-state index in [0.717, 1.165) is 19.5 Å². The smallest absolute Gasteiger partial charge is 0.225 e. The molecule has 1 atom stereocenters. The summed E-state index contributed by atoms with van der Waals surface area (Å²) >= 11 is 11.9. The predicted molar refractivity (Wildman–Crippen MR) is 108 cm³/mol. The first-order valence-corrected chi connectivity index (χ1v) is 11.8. The van der Waals surface area contributed by atoms with Crippen molar-refractivity contribution in [3.63, 3.8) is 0 Å². The number of halogens is 2. The minimum Gasteiger partial charge on any atom is -0.342 e. The van der Waals surface area contributed by atoms with Crippen molar-refractivity contribution in [2.45, 2.75) is 38.4 Å². The fraction of sp³-hybridized carbons (Fsp3) is 0.632. The van der Waals surface area contributed by atoms with Gasteiger partial charge in [-0.15, -0.1) is 0 Å². The van der Waals surface area contributed by atoms with Gasteiger partial charge in [0.05, 0.1) is 15.8 Å². The molecule has 2 fully saturated rings. The first-order valence-electron chi connectivity index (χ1n) is 9.47. The van der Waals surface area contributed by atoms with E-state index in [1.165, 1.54) is 10.7 Å². The van der Waals surface area contributed by atoms with Crippen molar-refractivity contribution in [1.29, 1.82) is 0 Å². The van der Waals surface area contributed by atoms with E-state index >= 15 is 0 Å². The van der Waals surface area contributed by atoms with Gasteiger partial charge in [-0.3, -0.25) is 4.79 Å². The van der Waals surface area contributed by atoms with Gasteiger partial charge in [-0.2, -0.15) is 0 Å². The normalized spacial score (nSPS) is 22.8. The van der Waals surface area contributed by atoms with Crippen LogP contribution in [0.3, 0.4) is 0 Å². The Hall–Kier alpha value is -0.820. The third kappa shape index (κ3) is 5.17. The Bertz CT molecular complexity index is 792. The number of carbonyl (C=O) groups is 1. The molecule has 0 aliphatic carbocycles. The molecule has 27 heavy (non-hydrogen) atoms. The number of hydrogen-bond acceptors (Lipinski definition) is 3. The molecule has 150 valence electrons. The van der Waals surface area contributed by atoms with Gasteiger partial charge in [0.2, 0.25) is 15.9 Å². The van der Waals surface area contributed by atoms with Crippen LogP contribution in [-0.2, 0) is 20.6 Å². The van der Waals surface area contributed by atoms with Crippen molar-refractivity contribution in [2.24, 2.45) is 11.8 Å². The predicted octanol–water partition coefficient (Wildman–Crippen LogP) is 3.79. The molecular formula is C19H26Cl2N2O3S. The van der Waals surface area contributed by atoms with Crippen LogP contribution < -0.4 is 0 Å². The van der Waals surface area contributed by atoms with Crippen LogP contribution in [0, 0.1) is 11.8 Å². The highest BCUT2D eigenvalue weighted by Gasteiger charge is 2.34. The summed E-state index contributed by atoms with van der Waals surface area (Å²) in [6.45, 7) is 4.62. The third-order valence-electron chi connectivity index (χ3n) is 5.50. The average molecular weight is 433 g/mol. The zero-order chi connectivity index (χ0) is 19.6. The summed E-state index contributed by atoms with van der Waals surface area (Å²) in [5.41, 5.74) is 0.616. The zero-order valence-corrected chi connectivity index (χ0v) is 17.9. The van der Waals surface area contributed by atoms with Crippen molar-refractivity contribution in [3.05, 3.63) is 33.8 Å². The summed E-state index contributed by atoms with van der Waals surface area (Å²) in [7, 11) is -3.44. The van der Waals surface area contributed by atoms with E-state index in [0.29, 0.717) is 47.5 Å². The molecule has 0 unspecified atom stereocenters. The number of likely N-dealkylation sites (tertiary alicyclic amines) is 1. The number of nitrogens with zero attached hydrogens (tertiary/aromatic N) is 2. The third-order valence-corrected chi connectivity index (χ3v) is 8.09. The van der Waals surface area contributed by atoms with E-state index in [1.807, 2.05) is 4.90 Å². The van der Waals surface area contributed by atoms with Crippen molar-refractivity contribution in [1.82, 2.24) is 9.21 Å². The molecule has 2 heterocycles.